The lowest BCUT2D eigenvalue weighted by Gasteiger charge is -2.07. The molecule has 3 heteroatoms. The van der Waals surface area contributed by atoms with Crippen LogP contribution in [0.4, 0.5) is 10.1 Å². The normalized spacial score (nSPS) is 10.3. The largest absolute Gasteiger partial charge is 0.397 e. The van der Waals surface area contributed by atoms with Gasteiger partial charge in [0.2, 0.25) is 0 Å². The van der Waals surface area contributed by atoms with E-state index in [0.29, 0.717) is 16.8 Å². The van der Waals surface area contributed by atoms with Gasteiger partial charge in [0.1, 0.15) is 5.82 Å². The molecule has 1 aromatic carbocycles. The third-order valence-electron chi connectivity index (χ3n) is 2.26. The Balaban J connectivity index is 2.64. The number of aryl methyl sites for hydroxylation is 1. The highest BCUT2D eigenvalue weighted by molar-refractivity contribution is 5.76. The number of nitrogens with zero attached hydrogens (tertiary/aromatic N) is 1. The molecule has 2 aromatic rings. The number of pyridine rings is 1. The van der Waals surface area contributed by atoms with E-state index in [1.807, 2.05) is 6.92 Å². The fourth-order valence-electron chi connectivity index (χ4n) is 1.50. The zero-order valence-electron chi connectivity index (χ0n) is 8.37. The molecule has 2 rings (SSSR count). The number of rotatable bonds is 1. The standard InChI is InChI=1S/C12H11FN2/c1-8-2-3-11(13)10(6-8)9-4-5-15-7-12(9)14/h2-7H,14H2,1H3. The van der Waals surface area contributed by atoms with Gasteiger partial charge in [-0.25, -0.2) is 4.39 Å². The predicted octanol–water partition coefficient (Wildman–Crippen LogP) is 2.78. The van der Waals surface area contributed by atoms with E-state index in [4.69, 9.17) is 5.73 Å². The van der Waals surface area contributed by atoms with Crippen molar-refractivity contribution in [3.05, 3.63) is 48.0 Å². The molecule has 1 aromatic heterocycles. The van der Waals surface area contributed by atoms with Crippen LogP contribution in [0.5, 0.6) is 0 Å². The Hall–Kier alpha value is -1.90. The monoisotopic (exact) mass is 202 g/mol. The van der Waals surface area contributed by atoms with Crippen molar-refractivity contribution in [2.45, 2.75) is 6.92 Å². The molecular formula is C12H11FN2. The highest BCUT2D eigenvalue weighted by Crippen LogP contribution is 2.27. The number of benzene rings is 1. The van der Waals surface area contributed by atoms with Crippen molar-refractivity contribution in [1.82, 2.24) is 4.98 Å². The van der Waals surface area contributed by atoms with Gasteiger partial charge in [0.05, 0.1) is 11.9 Å². The van der Waals surface area contributed by atoms with Crippen LogP contribution in [-0.2, 0) is 0 Å². The van der Waals surface area contributed by atoms with Gasteiger partial charge < -0.3 is 5.73 Å². The number of nitrogens with two attached hydrogens (primary N) is 1. The summed E-state index contributed by atoms with van der Waals surface area (Å²) in [7, 11) is 0. The van der Waals surface area contributed by atoms with Crippen molar-refractivity contribution in [3.8, 4) is 11.1 Å². The molecule has 0 bridgehead atoms. The van der Waals surface area contributed by atoms with Gasteiger partial charge in [0, 0.05) is 17.3 Å². The van der Waals surface area contributed by atoms with Crippen molar-refractivity contribution in [1.29, 1.82) is 0 Å². The Labute approximate surface area is 87.6 Å². The molecule has 2 nitrogen and oxygen atoms in total. The van der Waals surface area contributed by atoms with Crippen LogP contribution in [0.15, 0.2) is 36.7 Å². The maximum absolute atomic E-state index is 13.6. The maximum atomic E-state index is 13.6. The van der Waals surface area contributed by atoms with E-state index in [0.717, 1.165) is 5.56 Å². The van der Waals surface area contributed by atoms with Crippen molar-refractivity contribution in [2.75, 3.05) is 5.73 Å². The molecule has 2 N–H and O–H groups in total. The van der Waals surface area contributed by atoms with Crippen LogP contribution in [0.2, 0.25) is 0 Å². The van der Waals surface area contributed by atoms with E-state index in [1.54, 1.807) is 24.4 Å². The van der Waals surface area contributed by atoms with Crippen LogP contribution in [0.3, 0.4) is 0 Å². The van der Waals surface area contributed by atoms with Crippen LogP contribution in [0, 0.1) is 12.7 Å². The minimum Gasteiger partial charge on any atom is -0.397 e. The first kappa shape index (κ1) is 9.65. The van der Waals surface area contributed by atoms with Gasteiger partial charge in [-0.2, -0.15) is 0 Å². The van der Waals surface area contributed by atoms with Crippen molar-refractivity contribution >= 4 is 5.69 Å². The number of hydrogen-bond donors (Lipinski definition) is 1. The highest BCUT2D eigenvalue weighted by Gasteiger charge is 2.07. The minimum absolute atomic E-state index is 0.265. The molecule has 0 radical (unpaired) electrons. The van der Waals surface area contributed by atoms with Gasteiger partial charge in [0.15, 0.2) is 0 Å². The summed E-state index contributed by atoms with van der Waals surface area (Å²) in [4.78, 5) is 3.88. The van der Waals surface area contributed by atoms with Crippen LogP contribution in [-0.4, -0.2) is 4.98 Å². The molecule has 0 unspecified atom stereocenters. The second-order valence-electron chi connectivity index (χ2n) is 3.45. The predicted molar refractivity (Wildman–Crippen MR) is 58.8 cm³/mol. The molecule has 0 spiro atoms. The maximum Gasteiger partial charge on any atom is 0.131 e. The van der Waals surface area contributed by atoms with Gasteiger partial charge in [-0.05, 0) is 25.1 Å². The first-order valence-electron chi connectivity index (χ1n) is 4.64. The van der Waals surface area contributed by atoms with Crippen LogP contribution in [0.25, 0.3) is 11.1 Å². The molecule has 0 fully saturated rings. The summed E-state index contributed by atoms with van der Waals surface area (Å²) in [5.41, 5.74) is 8.44. The molecule has 0 aliphatic carbocycles. The van der Waals surface area contributed by atoms with Crippen LogP contribution < -0.4 is 5.73 Å². The molecule has 0 atom stereocenters. The van der Waals surface area contributed by atoms with Gasteiger partial charge in [0.25, 0.3) is 0 Å². The summed E-state index contributed by atoms with van der Waals surface area (Å²) in [6.45, 7) is 1.92. The van der Waals surface area contributed by atoms with E-state index >= 15 is 0 Å². The molecule has 1 heterocycles. The first-order valence-corrected chi connectivity index (χ1v) is 4.64. The van der Waals surface area contributed by atoms with Crippen LogP contribution >= 0.6 is 0 Å². The van der Waals surface area contributed by atoms with E-state index in [2.05, 4.69) is 4.98 Å². The number of nitrogen functional groups attached to an aromatic ring is 1. The third-order valence-corrected chi connectivity index (χ3v) is 2.26. The number of halogens is 1. The summed E-state index contributed by atoms with van der Waals surface area (Å²) < 4.78 is 13.6. The van der Waals surface area contributed by atoms with Gasteiger partial charge in [-0.1, -0.05) is 11.6 Å². The lowest BCUT2D eigenvalue weighted by molar-refractivity contribution is 0.631. The smallest absolute Gasteiger partial charge is 0.131 e. The molecule has 0 aliphatic heterocycles. The summed E-state index contributed by atoms with van der Waals surface area (Å²) >= 11 is 0. The lowest BCUT2D eigenvalue weighted by atomic mass is 10.0. The zero-order valence-corrected chi connectivity index (χ0v) is 8.37. The summed E-state index contributed by atoms with van der Waals surface area (Å²) in [5.74, 6) is -0.265. The number of hydrogen-bond acceptors (Lipinski definition) is 2. The second-order valence-corrected chi connectivity index (χ2v) is 3.45. The molecular weight excluding hydrogens is 191 g/mol. The highest BCUT2D eigenvalue weighted by atomic mass is 19.1. The Morgan fingerprint density at radius 1 is 1.20 bits per heavy atom. The number of aromatic nitrogens is 1. The van der Waals surface area contributed by atoms with Gasteiger partial charge in [-0.3, -0.25) is 4.98 Å². The molecule has 15 heavy (non-hydrogen) atoms. The van der Waals surface area contributed by atoms with Crippen molar-refractivity contribution in [3.63, 3.8) is 0 Å². The summed E-state index contributed by atoms with van der Waals surface area (Å²) in [5, 5.41) is 0. The minimum atomic E-state index is -0.265. The van der Waals surface area contributed by atoms with Gasteiger partial charge in [-0.15, -0.1) is 0 Å². The topological polar surface area (TPSA) is 38.9 Å². The second kappa shape index (κ2) is 3.69. The Kier molecular flexibility index (Phi) is 2.37. The fraction of sp³-hybridized carbons (Fsp3) is 0.0833. The molecule has 0 amide bonds. The Bertz CT molecular complexity index is 495. The Morgan fingerprint density at radius 3 is 2.73 bits per heavy atom. The van der Waals surface area contributed by atoms with E-state index < -0.39 is 0 Å². The van der Waals surface area contributed by atoms with E-state index in [1.165, 1.54) is 12.3 Å². The van der Waals surface area contributed by atoms with Crippen LogP contribution in [0.1, 0.15) is 5.56 Å². The molecule has 0 aliphatic rings. The number of anilines is 1. The first-order chi connectivity index (χ1) is 7.18. The summed E-state index contributed by atoms with van der Waals surface area (Å²) in [6, 6.07) is 6.68. The average Bonchev–Trinajstić information content (AvgIpc) is 2.23. The molecule has 0 saturated carbocycles. The molecule has 76 valence electrons. The SMILES string of the molecule is Cc1ccc(F)c(-c2ccncc2N)c1. The molecule has 0 saturated heterocycles. The third kappa shape index (κ3) is 1.81. The summed E-state index contributed by atoms with van der Waals surface area (Å²) in [6.07, 6.45) is 3.13. The zero-order chi connectivity index (χ0) is 10.8. The van der Waals surface area contributed by atoms with Crippen molar-refractivity contribution < 1.29 is 4.39 Å². The quantitative estimate of drug-likeness (QED) is 0.772. The average molecular weight is 202 g/mol. The Morgan fingerprint density at radius 2 is 2.00 bits per heavy atom. The lowest BCUT2D eigenvalue weighted by Crippen LogP contribution is -1.93. The van der Waals surface area contributed by atoms with Gasteiger partial charge >= 0.3 is 0 Å². The van der Waals surface area contributed by atoms with E-state index in [9.17, 15) is 4.39 Å². The van der Waals surface area contributed by atoms with E-state index in [-0.39, 0.29) is 5.82 Å². The van der Waals surface area contributed by atoms with Crippen molar-refractivity contribution in [2.24, 2.45) is 0 Å². The fourth-order valence-corrected chi connectivity index (χ4v) is 1.50.